The summed E-state index contributed by atoms with van der Waals surface area (Å²) in [6.07, 6.45) is 4.19. The highest BCUT2D eigenvalue weighted by atomic mass is 32.2. The van der Waals surface area contributed by atoms with E-state index in [-0.39, 0.29) is 17.0 Å². The Morgan fingerprint density at radius 3 is 2.61 bits per heavy atom. The molecule has 2 aromatic rings. The average molecular weight is 270 g/mol. The lowest BCUT2D eigenvalue weighted by Crippen LogP contribution is -2.12. The number of aryl methyl sites for hydroxylation is 1. The maximum atomic E-state index is 12.0. The molecular formula is C10H14N4O3S. The molecule has 1 N–H and O–H groups in total. The second-order valence-corrected chi connectivity index (χ2v) is 5.81. The molecule has 0 saturated heterocycles. The third kappa shape index (κ3) is 2.53. The van der Waals surface area contributed by atoms with Gasteiger partial charge in [-0.3, -0.25) is 4.68 Å². The number of anilines is 1. The number of rotatable bonds is 4. The Balaban J connectivity index is 2.25. The quantitative estimate of drug-likeness (QED) is 0.910. The van der Waals surface area contributed by atoms with Gasteiger partial charge in [-0.05, 0) is 20.8 Å². The molecule has 2 aromatic heterocycles. The standard InChI is InChI=1S/C10H14N4O3S/c1-7(2)14-6-9(5-12-14)18(15,16)13-10-11-4-8(3)17-10/h4-7H,1-3H3,(H,11,13). The van der Waals surface area contributed by atoms with Crippen LogP contribution < -0.4 is 4.72 Å². The van der Waals surface area contributed by atoms with Crippen LogP contribution in [0.5, 0.6) is 0 Å². The molecule has 0 unspecified atom stereocenters. The van der Waals surface area contributed by atoms with Crippen molar-refractivity contribution >= 4 is 16.0 Å². The van der Waals surface area contributed by atoms with Crippen molar-refractivity contribution in [1.82, 2.24) is 14.8 Å². The van der Waals surface area contributed by atoms with Gasteiger partial charge in [-0.1, -0.05) is 0 Å². The fraction of sp³-hybridized carbons (Fsp3) is 0.400. The Hall–Kier alpha value is -1.83. The monoisotopic (exact) mass is 270 g/mol. The minimum atomic E-state index is -3.70. The lowest BCUT2D eigenvalue weighted by molar-refractivity contribution is 0.531. The lowest BCUT2D eigenvalue weighted by atomic mass is 10.4. The fourth-order valence-corrected chi connectivity index (χ4v) is 2.19. The summed E-state index contributed by atoms with van der Waals surface area (Å²) < 4.78 is 32.8. The van der Waals surface area contributed by atoms with Gasteiger partial charge in [0.15, 0.2) is 0 Å². The van der Waals surface area contributed by atoms with Crippen LogP contribution in [0.2, 0.25) is 0 Å². The van der Waals surface area contributed by atoms with Crippen LogP contribution in [0.1, 0.15) is 25.6 Å². The number of nitrogens with one attached hydrogen (secondary N) is 1. The minimum absolute atomic E-state index is 0.0511. The summed E-state index contributed by atoms with van der Waals surface area (Å²) in [6, 6.07) is 0.0442. The summed E-state index contributed by atoms with van der Waals surface area (Å²) in [5.41, 5.74) is 0. The molecule has 8 heteroatoms. The van der Waals surface area contributed by atoms with E-state index < -0.39 is 10.0 Å². The first-order valence-corrected chi connectivity index (χ1v) is 6.86. The zero-order valence-corrected chi connectivity index (χ0v) is 11.1. The number of hydrogen-bond acceptors (Lipinski definition) is 5. The molecule has 0 aromatic carbocycles. The summed E-state index contributed by atoms with van der Waals surface area (Å²) in [5.74, 6) is 0.533. The Morgan fingerprint density at radius 1 is 1.39 bits per heavy atom. The van der Waals surface area contributed by atoms with Gasteiger partial charge in [-0.2, -0.15) is 5.10 Å². The molecule has 0 saturated carbocycles. The Labute approximate surface area is 105 Å². The van der Waals surface area contributed by atoms with Crippen molar-refractivity contribution in [2.75, 3.05) is 4.72 Å². The average Bonchev–Trinajstić information content (AvgIpc) is 2.86. The largest absolute Gasteiger partial charge is 0.428 e. The summed E-state index contributed by atoms with van der Waals surface area (Å²) in [7, 11) is -3.70. The molecule has 0 aliphatic carbocycles. The number of oxazole rings is 1. The van der Waals surface area contributed by atoms with Crippen LogP contribution in [0, 0.1) is 6.92 Å². The zero-order chi connectivity index (χ0) is 13.3. The number of aromatic nitrogens is 3. The van der Waals surface area contributed by atoms with Gasteiger partial charge in [0, 0.05) is 12.2 Å². The van der Waals surface area contributed by atoms with E-state index >= 15 is 0 Å². The molecule has 0 spiro atoms. The van der Waals surface area contributed by atoms with Crippen molar-refractivity contribution in [2.45, 2.75) is 31.7 Å². The third-order valence-corrected chi connectivity index (χ3v) is 3.53. The van der Waals surface area contributed by atoms with Crippen LogP contribution in [-0.2, 0) is 10.0 Å². The molecule has 0 aliphatic heterocycles. The van der Waals surface area contributed by atoms with Crippen LogP contribution >= 0.6 is 0 Å². The van der Waals surface area contributed by atoms with Crippen molar-refractivity contribution in [3.05, 3.63) is 24.4 Å². The predicted molar refractivity (Wildman–Crippen MR) is 64.7 cm³/mol. The van der Waals surface area contributed by atoms with E-state index in [4.69, 9.17) is 4.42 Å². The number of hydrogen-bond donors (Lipinski definition) is 1. The highest BCUT2D eigenvalue weighted by molar-refractivity contribution is 7.92. The first-order valence-electron chi connectivity index (χ1n) is 5.38. The predicted octanol–water partition coefficient (Wildman–Crippen LogP) is 1.56. The highest BCUT2D eigenvalue weighted by Gasteiger charge is 2.19. The molecule has 0 aliphatic rings. The van der Waals surface area contributed by atoms with E-state index in [1.807, 2.05) is 13.8 Å². The van der Waals surface area contributed by atoms with Crippen LogP contribution in [0.4, 0.5) is 6.01 Å². The van der Waals surface area contributed by atoms with E-state index in [1.165, 1.54) is 18.6 Å². The van der Waals surface area contributed by atoms with Crippen LogP contribution in [0.15, 0.2) is 27.9 Å². The molecule has 18 heavy (non-hydrogen) atoms. The van der Waals surface area contributed by atoms with Crippen molar-refractivity contribution < 1.29 is 12.8 Å². The van der Waals surface area contributed by atoms with Crippen LogP contribution in [0.25, 0.3) is 0 Å². The summed E-state index contributed by atoms with van der Waals surface area (Å²) in [5, 5.41) is 3.98. The Kier molecular flexibility index (Phi) is 3.12. The van der Waals surface area contributed by atoms with Crippen molar-refractivity contribution in [3.63, 3.8) is 0 Å². The summed E-state index contributed by atoms with van der Waals surface area (Å²) in [4.78, 5) is 3.86. The third-order valence-electron chi connectivity index (χ3n) is 2.26. The molecular weight excluding hydrogens is 256 g/mol. The number of sulfonamides is 1. The number of nitrogens with zero attached hydrogens (tertiary/aromatic N) is 3. The van der Waals surface area contributed by atoms with E-state index in [1.54, 1.807) is 11.6 Å². The van der Waals surface area contributed by atoms with E-state index in [9.17, 15) is 8.42 Å². The molecule has 0 fully saturated rings. The summed E-state index contributed by atoms with van der Waals surface area (Å²) in [6.45, 7) is 5.50. The Morgan fingerprint density at radius 2 is 2.11 bits per heavy atom. The van der Waals surface area contributed by atoms with Gasteiger partial charge in [-0.25, -0.2) is 18.1 Å². The van der Waals surface area contributed by atoms with Gasteiger partial charge >= 0.3 is 6.01 Å². The van der Waals surface area contributed by atoms with Gasteiger partial charge in [0.05, 0.1) is 12.4 Å². The highest BCUT2D eigenvalue weighted by Crippen LogP contribution is 2.16. The molecule has 0 amide bonds. The minimum Gasteiger partial charge on any atom is -0.428 e. The van der Waals surface area contributed by atoms with Crippen LogP contribution in [0.3, 0.4) is 0 Å². The normalized spacial score (nSPS) is 12.0. The van der Waals surface area contributed by atoms with Crippen LogP contribution in [-0.4, -0.2) is 23.2 Å². The first-order chi connectivity index (χ1) is 8.38. The maximum Gasteiger partial charge on any atom is 0.309 e. The molecule has 0 atom stereocenters. The second-order valence-electron chi connectivity index (χ2n) is 4.13. The van der Waals surface area contributed by atoms with E-state index in [0.717, 1.165) is 0 Å². The fourth-order valence-electron chi connectivity index (χ4n) is 1.32. The zero-order valence-electron chi connectivity index (χ0n) is 10.3. The van der Waals surface area contributed by atoms with Gasteiger partial charge in [-0.15, -0.1) is 0 Å². The van der Waals surface area contributed by atoms with E-state index in [2.05, 4.69) is 14.8 Å². The molecule has 0 radical (unpaired) electrons. The SMILES string of the molecule is Cc1cnc(NS(=O)(=O)c2cnn(C(C)C)c2)o1. The molecule has 98 valence electrons. The molecule has 2 rings (SSSR count). The van der Waals surface area contributed by atoms with Crippen molar-refractivity contribution in [1.29, 1.82) is 0 Å². The van der Waals surface area contributed by atoms with E-state index in [0.29, 0.717) is 5.76 Å². The van der Waals surface area contributed by atoms with Crippen molar-refractivity contribution in [3.8, 4) is 0 Å². The first kappa shape index (κ1) is 12.6. The maximum absolute atomic E-state index is 12.0. The van der Waals surface area contributed by atoms with Gasteiger partial charge in [0.2, 0.25) is 0 Å². The molecule has 7 nitrogen and oxygen atoms in total. The smallest absolute Gasteiger partial charge is 0.309 e. The van der Waals surface area contributed by atoms with Gasteiger partial charge in [0.25, 0.3) is 10.0 Å². The summed E-state index contributed by atoms with van der Waals surface area (Å²) >= 11 is 0. The van der Waals surface area contributed by atoms with Gasteiger partial charge < -0.3 is 4.42 Å². The molecule has 0 bridgehead atoms. The lowest BCUT2D eigenvalue weighted by Gasteiger charge is -2.03. The molecule has 2 heterocycles. The van der Waals surface area contributed by atoms with Crippen molar-refractivity contribution in [2.24, 2.45) is 0 Å². The topological polar surface area (TPSA) is 90.0 Å². The second kappa shape index (κ2) is 4.45. The Bertz CT molecular complexity index is 642. The van der Waals surface area contributed by atoms with Gasteiger partial charge in [0.1, 0.15) is 10.7 Å².